The molecule has 18 heavy (non-hydrogen) atoms. The Kier molecular flexibility index (Phi) is 4.04. The molecular weight excluding hydrogens is 228 g/mol. The van der Waals surface area contributed by atoms with Crippen LogP contribution in [0.15, 0.2) is 54.6 Å². The van der Waals surface area contributed by atoms with Crippen molar-refractivity contribution in [2.24, 2.45) is 0 Å². The highest BCUT2D eigenvalue weighted by atomic mass is 16.7. The highest BCUT2D eigenvalue weighted by molar-refractivity contribution is 5.44. The second-order valence-corrected chi connectivity index (χ2v) is 3.74. The van der Waals surface area contributed by atoms with Crippen LogP contribution in [-0.4, -0.2) is 13.8 Å². The number of hydroxylamine groups is 1. The van der Waals surface area contributed by atoms with Gasteiger partial charge in [0.25, 0.3) is 0 Å². The second-order valence-electron chi connectivity index (χ2n) is 3.74. The van der Waals surface area contributed by atoms with Crippen LogP contribution in [0.1, 0.15) is 0 Å². The number of nitrogens with zero attached hydrogens (tertiary/aromatic N) is 1. The summed E-state index contributed by atoms with van der Waals surface area (Å²) in [5.41, 5.74) is 7.27. The van der Waals surface area contributed by atoms with Gasteiger partial charge in [-0.3, -0.25) is 4.84 Å². The number of hydrogen-bond donors (Lipinski definition) is 1. The van der Waals surface area contributed by atoms with E-state index in [0.29, 0.717) is 12.4 Å². The molecule has 0 aliphatic heterocycles. The fourth-order valence-electron chi connectivity index (χ4n) is 1.52. The summed E-state index contributed by atoms with van der Waals surface area (Å²) in [6.45, 7) is 0.310. The zero-order valence-electron chi connectivity index (χ0n) is 10.2. The number of nitrogen functional groups attached to an aromatic ring is 1. The largest absolute Gasteiger partial charge is 0.471 e. The smallest absolute Gasteiger partial charge is 0.185 e. The molecular formula is C14H16N2O2. The van der Waals surface area contributed by atoms with Crippen LogP contribution < -0.4 is 15.5 Å². The minimum Gasteiger partial charge on any atom is -0.471 e. The number of nitrogens with two attached hydrogens (primary N) is 1. The molecule has 0 saturated heterocycles. The predicted octanol–water partition coefficient (Wildman–Crippen LogP) is 2.67. The van der Waals surface area contributed by atoms with Crippen molar-refractivity contribution in [2.75, 3.05) is 24.6 Å². The van der Waals surface area contributed by atoms with E-state index in [2.05, 4.69) is 0 Å². The van der Waals surface area contributed by atoms with Crippen molar-refractivity contribution in [3.05, 3.63) is 54.6 Å². The van der Waals surface area contributed by atoms with Crippen molar-refractivity contribution >= 4 is 11.4 Å². The molecule has 0 amide bonds. The molecule has 0 bridgehead atoms. The molecule has 0 radical (unpaired) electrons. The van der Waals surface area contributed by atoms with Crippen molar-refractivity contribution < 1.29 is 9.57 Å². The first kappa shape index (κ1) is 12.3. The minimum absolute atomic E-state index is 0.310. The van der Waals surface area contributed by atoms with E-state index in [4.69, 9.17) is 15.3 Å². The summed E-state index contributed by atoms with van der Waals surface area (Å²) in [6, 6.07) is 17.0. The molecule has 0 aliphatic rings. The van der Waals surface area contributed by atoms with Gasteiger partial charge in [-0.2, -0.15) is 0 Å². The Bertz CT molecular complexity index is 471. The monoisotopic (exact) mass is 244 g/mol. The SMILES string of the molecule is CON(COc1ccc(N)cc1)c1ccccc1. The summed E-state index contributed by atoms with van der Waals surface area (Å²) in [5, 5.41) is 1.66. The van der Waals surface area contributed by atoms with Crippen LogP contribution in [0, 0.1) is 0 Å². The Balaban J connectivity index is 1.97. The Hall–Kier alpha value is -2.20. The van der Waals surface area contributed by atoms with Gasteiger partial charge in [-0.1, -0.05) is 18.2 Å². The zero-order chi connectivity index (χ0) is 12.8. The fourth-order valence-corrected chi connectivity index (χ4v) is 1.52. The van der Waals surface area contributed by atoms with E-state index in [0.717, 1.165) is 11.4 Å². The number of para-hydroxylation sites is 1. The fraction of sp³-hybridized carbons (Fsp3) is 0.143. The summed E-state index contributed by atoms with van der Waals surface area (Å²) < 4.78 is 5.61. The lowest BCUT2D eigenvalue weighted by atomic mass is 10.3. The van der Waals surface area contributed by atoms with Gasteiger partial charge in [-0.05, 0) is 36.4 Å². The van der Waals surface area contributed by atoms with E-state index in [-0.39, 0.29) is 0 Å². The van der Waals surface area contributed by atoms with Gasteiger partial charge in [-0.25, -0.2) is 5.06 Å². The maximum Gasteiger partial charge on any atom is 0.185 e. The van der Waals surface area contributed by atoms with E-state index in [1.54, 1.807) is 24.3 Å². The van der Waals surface area contributed by atoms with Crippen molar-refractivity contribution in [3.63, 3.8) is 0 Å². The van der Waals surface area contributed by atoms with E-state index < -0.39 is 0 Å². The van der Waals surface area contributed by atoms with Crippen LogP contribution in [0.4, 0.5) is 11.4 Å². The van der Waals surface area contributed by atoms with E-state index in [1.807, 2.05) is 42.5 Å². The third-order valence-corrected chi connectivity index (χ3v) is 2.49. The molecule has 2 aromatic rings. The standard InChI is InChI=1S/C14H16N2O2/c1-17-16(13-5-3-2-4-6-13)11-18-14-9-7-12(15)8-10-14/h2-10H,11,15H2,1H3. The number of benzene rings is 2. The van der Waals surface area contributed by atoms with Crippen molar-refractivity contribution in [1.82, 2.24) is 0 Å². The van der Waals surface area contributed by atoms with Crippen molar-refractivity contribution in [2.45, 2.75) is 0 Å². The van der Waals surface area contributed by atoms with Crippen molar-refractivity contribution in [1.29, 1.82) is 0 Å². The van der Waals surface area contributed by atoms with Crippen LogP contribution in [0.5, 0.6) is 5.75 Å². The Labute approximate surface area is 106 Å². The third-order valence-electron chi connectivity index (χ3n) is 2.49. The zero-order valence-corrected chi connectivity index (χ0v) is 10.2. The van der Waals surface area contributed by atoms with Crippen LogP contribution in [-0.2, 0) is 4.84 Å². The van der Waals surface area contributed by atoms with Gasteiger partial charge in [0.05, 0.1) is 12.8 Å². The number of hydrogen-bond acceptors (Lipinski definition) is 4. The highest BCUT2D eigenvalue weighted by Crippen LogP contribution is 2.16. The normalized spacial score (nSPS) is 10.1. The summed E-state index contributed by atoms with van der Waals surface area (Å²) in [6.07, 6.45) is 0. The molecule has 2 N–H and O–H groups in total. The lowest BCUT2D eigenvalue weighted by molar-refractivity contribution is 0.111. The van der Waals surface area contributed by atoms with Gasteiger partial charge in [0.2, 0.25) is 0 Å². The first-order valence-corrected chi connectivity index (χ1v) is 5.64. The van der Waals surface area contributed by atoms with Crippen LogP contribution >= 0.6 is 0 Å². The van der Waals surface area contributed by atoms with Crippen LogP contribution in [0.3, 0.4) is 0 Å². The maximum atomic E-state index is 5.61. The van der Waals surface area contributed by atoms with E-state index in [1.165, 1.54) is 0 Å². The molecule has 94 valence electrons. The molecule has 0 saturated carbocycles. The minimum atomic E-state index is 0.310. The van der Waals surface area contributed by atoms with Crippen LogP contribution in [0.2, 0.25) is 0 Å². The Morgan fingerprint density at radius 2 is 1.67 bits per heavy atom. The first-order chi connectivity index (χ1) is 8.79. The quantitative estimate of drug-likeness (QED) is 0.499. The molecule has 4 nitrogen and oxygen atoms in total. The summed E-state index contributed by atoms with van der Waals surface area (Å²) in [7, 11) is 1.61. The molecule has 0 atom stereocenters. The Morgan fingerprint density at radius 1 is 1.00 bits per heavy atom. The average Bonchev–Trinajstić information content (AvgIpc) is 2.43. The molecule has 0 fully saturated rings. The van der Waals surface area contributed by atoms with Gasteiger partial charge < -0.3 is 10.5 Å². The van der Waals surface area contributed by atoms with E-state index >= 15 is 0 Å². The molecule has 0 heterocycles. The predicted molar refractivity (Wildman–Crippen MR) is 72.3 cm³/mol. The first-order valence-electron chi connectivity index (χ1n) is 5.64. The topological polar surface area (TPSA) is 47.7 Å². The second kappa shape index (κ2) is 5.93. The van der Waals surface area contributed by atoms with Gasteiger partial charge in [0.15, 0.2) is 6.73 Å². The number of rotatable bonds is 5. The number of ether oxygens (including phenoxy) is 1. The third kappa shape index (κ3) is 3.15. The molecule has 2 rings (SSSR count). The van der Waals surface area contributed by atoms with Gasteiger partial charge in [0, 0.05) is 5.69 Å². The molecule has 0 aromatic heterocycles. The summed E-state index contributed by atoms with van der Waals surface area (Å²) >= 11 is 0. The lowest BCUT2D eigenvalue weighted by Gasteiger charge is -2.21. The number of anilines is 2. The molecule has 4 heteroatoms. The van der Waals surface area contributed by atoms with Crippen LogP contribution in [0.25, 0.3) is 0 Å². The van der Waals surface area contributed by atoms with Gasteiger partial charge in [0.1, 0.15) is 5.75 Å². The van der Waals surface area contributed by atoms with Gasteiger partial charge in [-0.15, -0.1) is 0 Å². The molecule has 0 aliphatic carbocycles. The summed E-state index contributed by atoms with van der Waals surface area (Å²) in [4.78, 5) is 5.27. The van der Waals surface area contributed by atoms with Crippen molar-refractivity contribution in [3.8, 4) is 5.75 Å². The molecule has 0 unspecified atom stereocenters. The highest BCUT2D eigenvalue weighted by Gasteiger charge is 2.05. The van der Waals surface area contributed by atoms with Gasteiger partial charge >= 0.3 is 0 Å². The summed E-state index contributed by atoms with van der Waals surface area (Å²) in [5.74, 6) is 0.752. The van der Waals surface area contributed by atoms with E-state index in [9.17, 15) is 0 Å². The maximum absolute atomic E-state index is 5.61. The Morgan fingerprint density at radius 3 is 2.28 bits per heavy atom. The molecule has 2 aromatic carbocycles. The molecule has 0 spiro atoms. The average molecular weight is 244 g/mol. The lowest BCUT2D eigenvalue weighted by Crippen LogP contribution is -2.26.